The van der Waals surface area contributed by atoms with Crippen LogP contribution in [0.4, 0.5) is 10.5 Å². The summed E-state index contributed by atoms with van der Waals surface area (Å²) in [6, 6.07) is -0.281. The number of nitrogens with one attached hydrogen (secondary N) is 2. The van der Waals surface area contributed by atoms with Crippen LogP contribution in [0.25, 0.3) is 0 Å². The highest BCUT2D eigenvalue weighted by Crippen LogP contribution is 2.14. The Bertz CT molecular complexity index is 255. The predicted octanol–water partition coefficient (Wildman–Crippen LogP) is 1.21. The molecular weight excluding hydrogens is 144 g/mol. The quantitative estimate of drug-likeness (QED) is 0.637. The molecule has 0 aromatic carbocycles. The Kier molecular flexibility index (Phi) is 2.15. The van der Waals surface area contributed by atoms with Crippen LogP contribution in [0.1, 0.15) is 5.56 Å². The fraction of sp³-hybridized carbons (Fsp3) is 0.143. The first-order valence-corrected chi connectivity index (χ1v) is 3.11. The molecule has 59 valence electrons. The Morgan fingerprint density at radius 3 is 2.82 bits per heavy atom. The van der Waals surface area contributed by atoms with Crippen molar-refractivity contribution in [2.75, 3.05) is 12.4 Å². The van der Waals surface area contributed by atoms with Gasteiger partial charge < -0.3 is 15.1 Å². The third-order valence-electron chi connectivity index (χ3n) is 1.22. The summed E-state index contributed by atoms with van der Waals surface area (Å²) in [6.07, 6.45) is 2.89. The monoisotopic (exact) mass is 153 g/mol. The van der Waals surface area contributed by atoms with Gasteiger partial charge in [0.2, 0.25) is 0 Å². The molecule has 1 rings (SSSR count). The molecule has 0 bridgehead atoms. The van der Waals surface area contributed by atoms with E-state index in [-0.39, 0.29) is 6.03 Å². The summed E-state index contributed by atoms with van der Waals surface area (Å²) in [5.74, 6) is 0. The summed E-state index contributed by atoms with van der Waals surface area (Å²) in [7, 11) is 1.54. The molecule has 11 heavy (non-hydrogen) atoms. The van der Waals surface area contributed by atoms with Crippen LogP contribution in [0.3, 0.4) is 0 Å². The van der Waals surface area contributed by atoms with Gasteiger partial charge in [-0.05, 0) is 6.92 Å². The molecule has 0 saturated heterocycles. The number of furan rings is 1. The topological polar surface area (TPSA) is 54.3 Å². The fourth-order valence-corrected chi connectivity index (χ4v) is 0.618. The van der Waals surface area contributed by atoms with Crippen molar-refractivity contribution in [3.8, 4) is 0 Å². The van der Waals surface area contributed by atoms with Crippen LogP contribution in [-0.4, -0.2) is 13.1 Å². The first-order chi connectivity index (χ1) is 5.24. The van der Waals surface area contributed by atoms with Crippen LogP contribution < -0.4 is 10.6 Å². The summed E-state index contributed by atoms with van der Waals surface area (Å²) in [5, 5.41) is 4.94. The van der Waals surface area contributed by atoms with E-state index >= 15 is 0 Å². The van der Waals surface area contributed by atoms with Crippen molar-refractivity contribution in [3.63, 3.8) is 0 Å². The maximum Gasteiger partial charge on any atom is 0.319 e. The third kappa shape index (κ3) is 1.73. The van der Waals surface area contributed by atoms with Gasteiger partial charge in [-0.3, -0.25) is 0 Å². The molecule has 1 heterocycles. The number of hydrogen-bond acceptors (Lipinski definition) is 2. The van der Waals surface area contributed by atoms with E-state index < -0.39 is 0 Å². The van der Waals surface area contributed by atoms with Crippen LogP contribution in [-0.2, 0) is 0 Å². The molecule has 1 radical (unpaired) electrons. The fourth-order valence-electron chi connectivity index (χ4n) is 0.618. The van der Waals surface area contributed by atoms with Crippen molar-refractivity contribution >= 4 is 11.7 Å². The number of carbonyl (C=O) groups is 1. The van der Waals surface area contributed by atoms with Crippen molar-refractivity contribution in [1.29, 1.82) is 0 Å². The summed E-state index contributed by atoms with van der Waals surface area (Å²) in [4.78, 5) is 10.7. The van der Waals surface area contributed by atoms with Gasteiger partial charge in [0.1, 0.15) is 6.26 Å². The molecule has 0 fully saturated rings. The van der Waals surface area contributed by atoms with Gasteiger partial charge in [-0.15, -0.1) is 0 Å². The minimum absolute atomic E-state index is 0.281. The first-order valence-electron chi connectivity index (χ1n) is 3.11. The average Bonchev–Trinajstić information content (AvgIpc) is 2.37. The van der Waals surface area contributed by atoms with Gasteiger partial charge in [0.15, 0.2) is 0 Å². The summed E-state index contributed by atoms with van der Waals surface area (Å²) >= 11 is 0. The van der Waals surface area contributed by atoms with Crippen molar-refractivity contribution in [2.24, 2.45) is 0 Å². The van der Waals surface area contributed by atoms with Gasteiger partial charge in [-0.2, -0.15) is 0 Å². The van der Waals surface area contributed by atoms with Crippen LogP contribution in [0.15, 0.2) is 16.9 Å². The predicted molar refractivity (Wildman–Crippen MR) is 41.2 cm³/mol. The highest BCUT2D eigenvalue weighted by Gasteiger charge is 2.02. The smallest absolute Gasteiger partial charge is 0.319 e. The molecule has 1 aromatic rings. The Morgan fingerprint density at radius 2 is 2.36 bits per heavy atom. The molecule has 0 saturated carbocycles. The first kappa shape index (κ1) is 7.65. The highest BCUT2D eigenvalue weighted by atomic mass is 16.3. The molecule has 4 heteroatoms. The molecule has 0 aliphatic heterocycles. The van der Waals surface area contributed by atoms with Gasteiger partial charge in [-0.25, -0.2) is 4.79 Å². The molecular formula is C7H9N2O2. The summed E-state index contributed by atoms with van der Waals surface area (Å²) in [6.45, 7) is 3.63. The molecule has 2 N–H and O–H groups in total. The van der Waals surface area contributed by atoms with Gasteiger partial charge >= 0.3 is 6.03 Å². The highest BCUT2D eigenvalue weighted by molar-refractivity contribution is 5.89. The molecule has 0 aliphatic rings. The van der Waals surface area contributed by atoms with E-state index in [1.165, 1.54) is 19.6 Å². The van der Waals surface area contributed by atoms with Gasteiger partial charge in [-0.1, -0.05) is 0 Å². The lowest BCUT2D eigenvalue weighted by Gasteiger charge is -2.00. The van der Waals surface area contributed by atoms with Gasteiger partial charge in [0.25, 0.3) is 0 Å². The zero-order chi connectivity index (χ0) is 8.27. The maximum absolute atomic E-state index is 10.7. The number of amides is 2. The standard InChI is InChI=1S/C7H9N2O2/c1-5-3-11-4-6(5)9-7(10)8-2/h3-4H,1H2,2H3,(H2,8,9,10). The molecule has 0 aliphatic carbocycles. The van der Waals surface area contributed by atoms with Crippen molar-refractivity contribution < 1.29 is 9.21 Å². The number of urea groups is 1. The number of hydrogen-bond donors (Lipinski definition) is 2. The van der Waals surface area contributed by atoms with Crippen LogP contribution >= 0.6 is 0 Å². The summed E-state index contributed by atoms with van der Waals surface area (Å²) in [5.41, 5.74) is 1.25. The second-order valence-corrected chi connectivity index (χ2v) is 2.01. The normalized spacial score (nSPS) is 9.27. The van der Waals surface area contributed by atoms with E-state index in [9.17, 15) is 4.79 Å². The Morgan fingerprint density at radius 1 is 1.64 bits per heavy atom. The summed E-state index contributed by atoms with van der Waals surface area (Å²) < 4.78 is 4.79. The van der Waals surface area contributed by atoms with E-state index in [4.69, 9.17) is 4.42 Å². The second-order valence-electron chi connectivity index (χ2n) is 2.01. The van der Waals surface area contributed by atoms with Crippen molar-refractivity contribution in [1.82, 2.24) is 5.32 Å². The van der Waals surface area contributed by atoms with Crippen LogP contribution in [0, 0.1) is 6.92 Å². The lowest BCUT2D eigenvalue weighted by Crippen LogP contribution is -2.24. The minimum atomic E-state index is -0.281. The SMILES string of the molecule is [CH2]c1cocc1NC(=O)NC. The van der Waals surface area contributed by atoms with E-state index in [0.717, 1.165) is 0 Å². The lowest BCUT2D eigenvalue weighted by atomic mass is 10.3. The number of rotatable bonds is 1. The average molecular weight is 153 g/mol. The minimum Gasteiger partial charge on any atom is -0.470 e. The number of anilines is 1. The molecule has 4 nitrogen and oxygen atoms in total. The zero-order valence-corrected chi connectivity index (χ0v) is 6.18. The third-order valence-corrected chi connectivity index (χ3v) is 1.22. The van der Waals surface area contributed by atoms with E-state index in [1.54, 1.807) is 0 Å². The Labute approximate surface area is 64.6 Å². The largest absolute Gasteiger partial charge is 0.470 e. The van der Waals surface area contributed by atoms with Crippen molar-refractivity contribution in [3.05, 3.63) is 25.0 Å². The number of carbonyl (C=O) groups excluding carboxylic acids is 1. The molecule has 0 atom stereocenters. The van der Waals surface area contributed by atoms with E-state index in [1.807, 2.05) is 0 Å². The lowest BCUT2D eigenvalue weighted by molar-refractivity contribution is 0.254. The van der Waals surface area contributed by atoms with E-state index in [0.29, 0.717) is 11.3 Å². The van der Waals surface area contributed by atoms with Gasteiger partial charge in [0, 0.05) is 12.6 Å². The molecule has 0 spiro atoms. The van der Waals surface area contributed by atoms with Gasteiger partial charge in [0.05, 0.1) is 12.0 Å². The Hall–Kier alpha value is -1.45. The Balaban J connectivity index is 2.64. The van der Waals surface area contributed by atoms with E-state index in [2.05, 4.69) is 17.6 Å². The second kappa shape index (κ2) is 3.09. The van der Waals surface area contributed by atoms with Crippen molar-refractivity contribution in [2.45, 2.75) is 0 Å². The molecule has 2 amide bonds. The van der Waals surface area contributed by atoms with Crippen LogP contribution in [0.2, 0.25) is 0 Å². The maximum atomic E-state index is 10.7. The zero-order valence-electron chi connectivity index (χ0n) is 6.18. The van der Waals surface area contributed by atoms with Crippen LogP contribution in [0.5, 0.6) is 0 Å². The molecule has 0 unspecified atom stereocenters. The molecule has 1 aromatic heterocycles.